The molecule has 0 fully saturated rings. The molecule has 0 aliphatic heterocycles. The van der Waals surface area contributed by atoms with Gasteiger partial charge in [0, 0.05) is 11.5 Å². The molecule has 0 bridgehead atoms. The number of hydrogen-bond acceptors (Lipinski definition) is 6. The second-order valence-corrected chi connectivity index (χ2v) is 5.46. The molecule has 3 aromatic rings. The van der Waals surface area contributed by atoms with E-state index >= 15 is 0 Å². The predicted molar refractivity (Wildman–Crippen MR) is 80.2 cm³/mol. The topological polar surface area (TPSA) is 77.8 Å². The summed E-state index contributed by atoms with van der Waals surface area (Å²) in [5, 5.41) is 4.75. The van der Waals surface area contributed by atoms with Gasteiger partial charge >= 0.3 is 0 Å². The van der Waals surface area contributed by atoms with Crippen molar-refractivity contribution < 1.29 is 4.52 Å². The lowest BCUT2D eigenvalue weighted by Gasteiger charge is -2.04. The summed E-state index contributed by atoms with van der Waals surface area (Å²) in [6.45, 7) is 1.91. The number of hydrogen-bond donors (Lipinski definition) is 1. The molecule has 0 aliphatic rings. The van der Waals surface area contributed by atoms with E-state index in [1.807, 2.05) is 37.3 Å². The maximum Gasteiger partial charge on any atom is 0.146 e. The number of benzene rings is 1. The van der Waals surface area contributed by atoms with E-state index in [0.717, 1.165) is 33.9 Å². The number of rotatable bonds is 4. The van der Waals surface area contributed by atoms with Crippen molar-refractivity contribution in [2.75, 3.05) is 5.73 Å². The standard InChI is InChI=1S/C14H14N4OS/c1-9-6-10(19-18-9)7-20-8-13-16-12-5-3-2-4-11(12)14(15)17-13/h2-6H,7-8H2,1H3,(H2,15,16,17). The van der Waals surface area contributed by atoms with Gasteiger partial charge in [-0.2, -0.15) is 0 Å². The first-order chi connectivity index (χ1) is 9.72. The molecule has 2 heterocycles. The van der Waals surface area contributed by atoms with Gasteiger partial charge in [-0.1, -0.05) is 17.3 Å². The van der Waals surface area contributed by atoms with Gasteiger partial charge in [0.05, 0.1) is 22.7 Å². The molecule has 0 saturated carbocycles. The number of anilines is 1. The number of nitrogen functional groups attached to an aromatic ring is 1. The first kappa shape index (κ1) is 12.9. The molecule has 0 aliphatic carbocycles. The zero-order valence-corrected chi connectivity index (χ0v) is 11.9. The minimum absolute atomic E-state index is 0.529. The molecule has 0 amide bonds. The van der Waals surface area contributed by atoms with Gasteiger partial charge in [0.15, 0.2) is 0 Å². The van der Waals surface area contributed by atoms with Gasteiger partial charge in [-0.05, 0) is 19.1 Å². The largest absolute Gasteiger partial charge is 0.383 e. The molecular formula is C14H14N4OS. The van der Waals surface area contributed by atoms with Crippen molar-refractivity contribution in [2.45, 2.75) is 18.4 Å². The van der Waals surface area contributed by atoms with Gasteiger partial charge in [-0.15, -0.1) is 11.8 Å². The Kier molecular flexibility index (Phi) is 3.56. The quantitative estimate of drug-likeness (QED) is 0.794. The van der Waals surface area contributed by atoms with Gasteiger partial charge in [0.2, 0.25) is 0 Å². The van der Waals surface area contributed by atoms with Crippen LogP contribution in [0.3, 0.4) is 0 Å². The predicted octanol–water partition coefficient (Wildman–Crippen LogP) is 2.94. The fraction of sp³-hybridized carbons (Fsp3) is 0.214. The lowest BCUT2D eigenvalue weighted by Crippen LogP contribution is -1.99. The van der Waals surface area contributed by atoms with Crippen LogP contribution in [0.5, 0.6) is 0 Å². The van der Waals surface area contributed by atoms with Gasteiger partial charge in [-0.25, -0.2) is 9.97 Å². The Hall–Kier alpha value is -2.08. The second-order valence-electron chi connectivity index (χ2n) is 4.47. The summed E-state index contributed by atoms with van der Waals surface area (Å²) in [7, 11) is 0. The number of thioether (sulfide) groups is 1. The summed E-state index contributed by atoms with van der Waals surface area (Å²) in [6, 6.07) is 9.69. The maximum atomic E-state index is 5.95. The highest BCUT2D eigenvalue weighted by molar-refractivity contribution is 7.97. The van der Waals surface area contributed by atoms with E-state index in [1.54, 1.807) is 11.8 Å². The molecule has 0 radical (unpaired) electrons. The fourth-order valence-corrected chi connectivity index (χ4v) is 2.69. The first-order valence-electron chi connectivity index (χ1n) is 6.23. The maximum absolute atomic E-state index is 5.95. The van der Waals surface area contributed by atoms with Crippen LogP contribution in [0.4, 0.5) is 5.82 Å². The minimum atomic E-state index is 0.529. The Labute approximate surface area is 120 Å². The smallest absolute Gasteiger partial charge is 0.146 e. The van der Waals surface area contributed by atoms with E-state index in [0.29, 0.717) is 11.6 Å². The van der Waals surface area contributed by atoms with E-state index in [1.165, 1.54) is 0 Å². The number of nitrogens with two attached hydrogens (primary N) is 1. The highest BCUT2D eigenvalue weighted by Gasteiger charge is 2.06. The molecular weight excluding hydrogens is 272 g/mol. The van der Waals surface area contributed by atoms with Gasteiger partial charge in [0.1, 0.15) is 17.4 Å². The van der Waals surface area contributed by atoms with Crippen molar-refractivity contribution >= 4 is 28.5 Å². The van der Waals surface area contributed by atoms with Crippen LogP contribution in [0.25, 0.3) is 10.9 Å². The molecule has 0 spiro atoms. The zero-order chi connectivity index (χ0) is 13.9. The van der Waals surface area contributed by atoms with Crippen molar-refractivity contribution in [2.24, 2.45) is 0 Å². The molecule has 0 saturated heterocycles. The summed E-state index contributed by atoms with van der Waals surface area (Å²) < 4.78 is 5.16. The molecule has 1 aromatic carbocycles. The number of fused-ring (bicyclic) bond motifs is 1. The lowest BCUT2D eigenvalue weighted by atomic mass is 10.2. The van der Waals surface area contributed by atoms with E-state index in [4.69, 9.17) is 10.3 Å². The Balaban J connectivity index is 1.71. The van der Waals surface area contributed by atoms with Crippen molar-refractivity contribution in [1.29, 1.82) is 0 Å². The van der Waals surface area contributed by atoms with Crippen molar-refractivity contribution in [3.8, 4) is 0 Å². The van der Waals surface area contributed by atoms with Crippen LogP contribution in [-0.2, 0) is 11.5 Å². The third-order valence-electron chi connectivity index (χ3n) is 2.83. The number of aromatic nitrogens is 3. The number of para-hydroxylation sites is 1. The molecule has 0 atom stereocenters. The highest BCUT2D eigenvalue weighted by atomic mass is 32.2. The average Bonchev–Trinajstić information content (AvgIpc) is 2.85. The Morgan fingerprint density at radius 1 is 1.20 bits per heavy atom. The molecule has 3 rings (SSSR count). The normalized spacial score (nSPS) is 11.1. The van der Waals surface area contributed by atoms with Gasteiger partial charge in [0.25, 0.3) is 0 Å². The Bertz CT molecular complexity index is 741. The monoisotopic (exact) mass is 286 g/mol. The summed E-state index contributed by atoms with van der Waals surface area (Å²) in [5.41, 5.74) is 7.73. The van der Waals surface area contributed by atoms with E-state index in [2.05, 4.69) is 15.1 Å². The number of nitrogens with zero attached hydrogens (tertiary/aromatic N) is 3. The van der Waals surface area contributed by atoms with E-state index < -0.39 is 0 Å². The minimum Gasteiger partial charge on any atom is -0.383 e. The summed E-state index contributed by atoms with van der Waals surface area (Å²) >= 11 is 1.68. The van der Waals surface area contributed by atoms with Crippen LogP contribution in [0.2, 0.25) is 0 Å². The summed E-state index contributed by atoms with van der Waals surface area (Å²) in [6.07, 6.45) is 0. The molecule has 102 valence electrons. The number of aryl methyl sites for hydroxylation is 1. The van der Waals surface area contributed by atoms with Crippen LogP contribution in [0.15, 0.2) is 34.9 Å². The zero-order valence-electron chi connectivity index (χ0n) is 11.0. The Morgan fingerprint density at radius 2 is 2.05 bits per heavy atom. The van der Waals surface area contributed by atoms with Crippen molar-refractivity contribution in [3.05, 3.63) is 47.6 Å². The second kappa shape index (κ2) is 5.50. The van der Waals surface area contributed by atoms with Crippen molar-refractivity contribution in [1.82, 2.24) is 15.1 Å². The SMILES string of the molecule is Cc1cc(CSCc2nc(N)c3ccccc3n2)on1. The average molecular weight is 286 g/mol. The fourth-order valence-electron chi connectivity index (χ4n) is 1.94. The van der Waals surface area contributed by atoms with E-state index in [-0.39, 0.29) is 0 Å². The van der Waals surface area contributed by atoms with Crippen LogP contribution >= 0.6 is 11.8 Å². The molecule has 2 N–H and O–H groups in total. The van der Waals surface area contributed by atoms with Crippen LogP contribution in [0, 0.1) is 6.92 Å². The van der Waals surface area contributed by atoms with Gasteiger partial charge < -0.3 is 10.3 Å². The lowest BCUT2D eigenvalue weighted by molar-refractivity contribution is 0.391. The van der Waals surface area contributed by atoms with E-state index in [9.17, 15) is 0 Å². The van der Waals surface area contributed by atoms with Gasteiger partial charge in [-0.3, -0.25) is 0 Å². The van der Waals surface area contributed by atoms with Crippen LogP contribution < -0.4 is 5.73 Å². The third kappa shape index (κ3) is 2.75. The summed E-state index contributed by atoms with van der Waals surface area (Å²) in [4.78, 5) is 8.85. The Morgan fingerprint density at radius 3 is 2.85 bits per heavy atom. The molecule has 5 nitrogen and oxygen atoms in total. The molecule has 20 heavy (non-hydrogen) atoms. The molecule has 2 aromatic heterocycles. The first-order valence-corrected chi connectivity index (χ1v) is 7.39. The van der Waals surface area contributed by atoms with Crippen LogP contribution in [0.1, 0.15) is 17.3 Å². The third-order valence-corrected chi connectivity index (χ3v) is 3.78. The molecule has 6 heteroatoms. The summed E-state index contributed by atoms with van der Waals surface area (Å²) in [5.74, 6) is 3.57. The highest BCUT2D eigenvalue weighted by Crippen LogP contribution is 2.21. The molecule has 0 unspecified atom stereocenters. The van der Waals surface area contributed by atoms with Crippen LogP contribution in [-0.4, -0.2) is 15.1 Å². The van der Waals surface area contributed by atoms with Crippen molar-refractivity contribution in [3.63, 3.8) is 0 Å².